The number of ether oxygens (including phenoxy) is 1. The maximum Gasteiger partial charge on any atom is 0.272 e. The van der Waals surface area contributed by atoms with Gasteiger partial charge in [0.2, 0.25) is 5.91 Å². The summed E-state index contributed by atoms with van der Waals surface area (Å²) in [4.78, 5) is 39.8. The number of hydrogen-bond donors (Lipinski definition) is 3. The van der Waals surface area contributed by atoms with Crippen molar-refractivity contribution in [1.82, 2.24) is 9.69 Å². The zero-order chi connectivity index (χ0) is 23.8. The highest BCUT2D eigenvalue weighted by molar-refractivity contribution is 7.09. The van der Waals surface area contributed by atoms with Crippen LogP contribution < -0.4 is 26.4 Å². The first-order chi connectivity index (χ1) is 15.2. The first-order valence-corrected chi connectivity index (χ1v) is 11.3. The molecule has 2 rings (SSSR count). The number of nitrogens with one attached hydrogen (secondary N) is 1. The lowest BCUT2D eigenvalue weighted by molar-refractivity contribution is -0.122. The summed E-state index contributed by atoms with van der Waals surface area (Å²) in [6.45, 7) is 6.60. The van der Waals surface area contributed by atoms with E-state index in [0.717, 1.165) is 18.0 Å². The molecule has 0 aliphatic rings. The summed E-state index contributed by atoms with van der Waals surface area (Å²) >= 11 is 0.789. The van der Waals surface area contributed by atoms with Gasteiger partial charge < -0.3 is 21.5 Å². The van der Waals surface area contributed by atoms with Crippen molar-refractivity contribution in [2.24, 2.45) is 11.7 Å². The molecule has 174 valence electrons. The fourth-order valence-electron chi connectivity index (χ4n) is 3.17. The molecule has 9 nitrogen and oxygen atoms in total. The summed E-state index contributed by atoms with van der Waals surface area (Å²) in [7, 11) is 1.55. The van der Waals surface area contributed by atoms with E-state index < -0.39 is 17.9 Å². The molecule has 0 aliphatic carbocycles. The van der Waals surface area contributed by atoms with Crippen molar-refractivity contribution in [3.8, 4) is 5.75 Å². The molecular formula is C22H31N5O4S. The first-order valence-electron chi connectivity index (χ1n) is 10.5. The second-order valence-corrected chi connectivity index (χ2v) is 8.56. The van der Waals surface area contributed by atoms with E-state index in [1.54, 1.807) is 31.4 Å². The van der Waals surface area contributed by atoms with E-state index in [2.05, 4.69) is 23.5 Å². The number of methoxy groups -OCH3 is 1. The number of aromatic nitrogens is 1. The topological polar surface area (TPSA) is 141 Å². The number of amides is 3. The predicted molar refractivity (Wildman–Crippen MR) is 126 cm³/mol. The van der Waals surface area contributed by atoms with E-state index in [1.165, 1.54) is 4.90 Å². The number of primary amides is 1. The molecule has 1 aromatic carbocycles. The molecule has 1 atom stereocenters. The number of anilines is 2. The zero-order valence-corrected chi connectivity index (χ0v) is 19.7. The Kier molecular flexibility index (Phi) is 9.01. The number of nitrogens with two attached hydrogens (primary N) is 2. The van der Waals surface area contributed by atoms with E-state index in [9.17, 15) is 14.4 Å². The highest BCUT2D eigenvalue weighted by Crippen LogP contribution is 2.29. The smallest absolute Gasteiger partial charge is 0.272 e. The van der Waals surface area contributed by atoms with Crippen molar-refractivity contribution in [2.45, 2.75) is 46.1 Å². The van der Waals surface area contributed by atoms with Crippen molar-refractivity contribution in [3.63, 3.8) is 0 Å². The molecule has 1 aromatic heterocycles. The third kappa shape index (κ3) is 5.97. The maximum atomic E-state index is 13.6. The molecule has 5 N–H and O–H groups in total. The number of nitrogen functional groups attached to an aromatic ring is 1. The quantitative estimate of drug-likeness (QED) is 0.470. The molecule has 0 bridgehead atoms. The van der Waals surface area contributed by atoms with Crippen LogP contribution in [0.5, 0.6) is 5.75 Å². The number of nitrogens with zero attached hydrogens (tertiary/aromatic N) is 2. The van der Waals surface area contributed by atoms with Gasteiger partial charge >= 0.3 is 0 Å². The lowest BCUT2D eigenvalue weighted by atomic mass is 10.1. The Labute approximate surface area is 192 Å². The molecule has 0 saturated heterocycles. The lowest BCUT2D eigenvalue weighted by Gasteiger charge is -2.31. The fraction of sp³-hybridized carbons (Fsp3) is 0.455. The Bertz CT molecular complexity index is 942. The van der Waals surface area contributed by atoms with Gasteiger partial charge in [0.15, 0.2) is 5.69 Å². The van der Waals surface area contributed by atoms with Crippen molar-refractivity contribution >= 4 is 40.6 Å². The third-order valence-corrected chi connectivity index (χ3v) is 5.77. The second kappa shape index (κ2) is 11.5. The summed E-state index contributed by atoms with van der Waals surface area (Å²) in [6, 6.07) is 6.05. The largest absolute Gasteiger partial charge is 0.497 e. The van der Waals surface area contributed by atoms with Gasteiger partial charge in [0.1, 0.15) is 16.7 Å². The normalized spacial score (nSPS) is 11.8. The van der Waals surface area contributed by atoms with E-state index in [4.69, 9.17) is 16.2 Å². The molecule has 1 heterocycles. The summed E-state index contributed by atoms with van der Waals surface area (Å²) in [5.74, 6) is -0.540. The second-order valence-electron chi connectivity index (χ2n) is 7.79. The highest BCUT2D eigenvalue weighted by atomic mass is 32.1. The molecule has 3 amide bonds. The van der Waals surface area contributed by atoms with Crippen LogP contribution in [0.3, 0.4) is 0 Å². The van der Waals surface area contributed by atoms with Crippen LogP contribution in [0.2, 0.25) is 0 Å². The van der Waals surface area contributed by atoms with Crippen molar-refractivity contribution in [1.29, 1.82) is 0 Å². The lowest BCUT2D eigenvalue weighted by Crippen LogP contribution is -2.50. The Balaban J connectivity index is 2.48. The van der Waals surface area contributed by atoms with Gasteiger partial charge in [0.05, 0.1) is 12.8 Å². The van der Waals surface area contributed by atoms with Crippen LogP contribution in [0, 0.1) is 5.92 Å². The average Bonchev–Trinajstić information content (AvgIpc) is 3.15. The molecule has 2 aromatic rings. The van der Waals surface area contributed by atoms with E-state index in [0.29, 0.717) is 36.7 Å². The first kappa shape index (κ1) is 25.1. The molecule has 0 saturated carbocycles. The summed E-state index contributed by atoms with van der Waals surface area (Å²) in [5, 5.41) is 2.94. The van der Waals surface area contributed by atoms with Crippen molar-refractivity contribution in [3.05, 3.63) is 34.8 Å². The summed E-state index contributed by atoms with van der Waals surface area (Å²) in [6.07, 6.45) is 1.93. The Morgan fingerprint density at radius 3 is 2.34 bits per heavy atom. The molecule has 1 unspecified atom stereocenters. The third-order valence-electron chi connectivity index (χ3n) is 4.92. The molecule has 32 heavy (non-hydrogen) atoms. The zero-order valence-electron chi connectivity index (χ0n) is 18.9. The van der Waals surface area contributed by atoms with Crippen LogP contribution in [0.15, 0.2) is 24.3 Å². The number of carbonyl (C=O) groups excluding carboxylic acids is 3. The minimum Gasteiger partial charge on any atom is -0.497 e. The van der Waals surface area contributed by atoms with Crippen molar-refractivity contribution in [2.75, 3.05) is 24.3 Å². The van der Waals surface area contributed by atoms with Gasteiger partial charge in [-0.2, -0.15) is 4.37 Å². The van der Waals surface area contributed by atoms with E-state index >= 15 is 0 Å². The summed E-state index contributed by atoms with van der Waals surface area (Å²) in [5.41, 5.74) is 11.6. The molecule has 0 radical (unpaired) electrons. The predicted octanol–water partition coefficient (Wildman–Crippen LogP) is 2.81. The SMILES string of the molecule is CCCC(C(=O)NCCC(C)C)N(C(=O)c1snc(C(N)=O)c1N)c1ccc(OC)cc1. The number of rotatable bonds is 11. The summed E-state index contributed by atoms with van der Waals surface area (Å²) < 4.78 is 9.14. The highest BCUT2D eigenvalue weighted by Gasteiger charge is 2.34. The molecular weight excluding hydrogens is 430 g/mol. The minimum atomic E-state index is -0.815. The number of benzene rings is 1. The molecule has 10 heteroatoms. The molecule has 0 aliphatic heterocycles. The van der Waals surface area contributed by atoms with Gasteiger partial charge in [0.25, 0.3) is 11.8 Å². The fourth-order valence-corrected chi connectivity index (χ4v) is 3.92. The molecule has 0 spiro atoms. The number of carbonyl (C=O) groups is 3. The average molecular weight is 462 g/mol. The number of hydrogen-bond acceptors (Lipinski definition) is 7. The Morgan fingerprint density at radius 1 is 1.19 bits per heavy atom. The van der Waals surface area contributed by atoms with Crippen LogP contribution in [0.4, 0.5) is 11.4 Å². The van der Waals surface area contributed by atoms with Crippen LogP contribution in [-0.2, 0) is 4.79 Å². The standard InChI is InChI=1S/C22H31N5O4S/c1-5-6-16(21(29)25-12-11-13(2)3)27(14-7-9-15(31-4)10-8-14)22(30)19-17(23)18(20(24)28)26-32-19/h7-10,13,16H,5-6,11-12,23H2,1-4H3,(H2,24,28)(H,25,29). The van der Waals surface area contributed by atoms with Gasteiger partial charge in [-0.1, -0.05) is 27.2 Å². The van der Waals surface area contributed by atoms with Crippen LogP contribution in [-0.4, -0.2) is 41.8 Å². The minimum absolute atomic E-state index is 0.0608. The Morgan fingerprint density at radius 2 is 1.84 bits per heavy atom. The van der Waals surface area contributed by atoms with E-state index in [1.807, 2.05) is 6.92 Å². The van der Waals surface area contributed by atoms with Gasteiger partial charge in [-0.25, -0.2) is 0 Å². The van der Waals surface area contributed by atoms with E-state index in [-0.39, 0.29) is 22.2 Å². The van der Waals surface area contributed by atoms with Crippen molar-refractivity contribution < 1.29 is 19.1 Å². The Hall–Kier alpha value is -3.14. The monoisotopic (exact) mass is 461 g/mol. The molecule has 0 fully saturated rings. The van der Waals surface area contributed by atoms with Crippen LogP contribution in [0.1, 0.15) is 60.2 Å². The van der Waals surface area contributed by atoms with Gasteiger partial charge in [-0.05, 0) is 54.6 Å². The van der Waals surface area contributed by atoms with Crippen LogP contribution >= 0.6 is 11.5 Å². The van der Waals surface area contributed by atoms with Gasteiger partial charge in [-0.15, -0.1) is 0 Å². The van der Waals surface area contributed by atoms with Gasteiger partial charge in [0, 0.05) is 12.2 Å². The van der Waals surface area contributed by atoms with Crippen LogP contribution in [0.25, 0.3) is 0 Å². The van der Waals surface area contributed by atoms with Gasteiger partial charge in [-0.3, -0.25) is 19.3 Å². The maximum absolute atomic E-state index is 13.6.